The summed E-state index contributed by atoms with van der Waals surface area (Å²) in [5.41, 5.74) is 7.32. The number of likely N-dealkylation sites (tertiary alicyclic amines) is 1. The van der Waals surface area contributed by atoms with Gasteiger partial charge in [-0.15, -0.1) is 11.3 Å². The molecule has 2 fully saturated rings. The van der Waals surface area contributed by atoms with Gasteiger partial charge in [-0.3, -0.25) is 10.2 Å². The van der Waals surface area contributed by atoms with Crippen molar-refractivity contribution in [2.45, 2.75) is 50.5 Å². The lowest BCUT2D eigenvalue weighted by Crippen LogP contribution is -2.48. The van der Waals surface area contributed by atoms with Crippen LogP contribution in [0.4, 0.5) is 9.18 Å². The summed E-state index contributed by atoms with van der Waals surface area (Å²) in [4.78, 5) is 16.6. The van der Waals surface area contributed by atoms with Crippen LogP contribution in [-0.4, -0.2) is 58.8 Å². The molecule has 31 heavy (non-hydrogen) atoms. The maximum absolute atomic E-state index is 14.9. The number of cyclic esters (lactones) is 1. The zero-order valence-electron chi connectivity index (χ0n) is 17.4. The highest BCUT2D eigenvalue weighted by atomic mass is 35.5. The van der Waals surface area contributed by atoms with Crippen LogP contribution in [0.1, 0.15) is 43.7 Å². The van der Waals surface area contributed by atoms with Gasteiger partial charge in [-0.25, -0.2) is 9.18 Å². The SMILES string of the molecule is CC1(N)CCN(C2=C(F)C=C(N3CC(CNC(O)c4ccc(Cl)s4)OC3=O)CC2)CC1. The molecule has 2 saturated heterocycles. The Balaban J connectivity index is 1.34. The molecule has 3 heterocycles. The Morgan fingerprint density at radius 1 is 1.42 bits per heavy atom. The number of amides is 1. The van der Waals surface area contributed by atoms with Gasteiger partial charge in [0.15, 0.2) is 0 Å². The summed E-state index contributed by atoms with van der Waals surface area (Å²) >= 11 is 7.18. The standard InChI is InChI=1S/C21H28ClFN4O3S/c1-21(24)6-8-26(9-7-21)16-3-2-13(10-15(16)23)27-12-14(30-20(27)29)11-25-19(28)17-4-5-18(22)31-17/h4-5,10,14,19,25,28H,2-3,6-9,11-12,24H2,1H3. The van der Waals surface area contributed by atoms with Crippen LogP contribution in [0.25, 0.3) is 0 Å². The first-order valence-corrected chi connectivity index (χ1v) is 11.7. The number of thiophene rings is 1. The molecule has 0 aromatic carbocycles. The first-order valence-electron chi connectivity index (χ1n) is 10.5. The van der Waals surface area contributed by atoms with Crippen LogP contribution in [0.5, 0.6) is 0 Å². The highest BCUT2D eigenvalue weighted by Crippen LogP contribution is 2.34. The summed E-state index contributed by atoms with van der Waals surface area (Å²) in [5.74, 6) is -0.291. The average molecular weight is 471 g/mol. The van der Waals surface area contributed by atoms with E-state index in [0.717, 1.165) is 25.9 Å². The number of carbonyl (C=O) groups is 1. The van der Waals surface area contributed by atoms with Gasteiger partial charge >= 0.3 is 6.09 Å². The smallest absolute Gasteiger partial charge is 0.414 e. The molecule has 4 rings (SSSR count). The molecule has 2 aliphatic heterocycles. The summed E-state index contributed by atoms with van der Waals surface area (Å²) in [6.45, 7) is 4.12. The Labute approximate surface area is 190 Å². The van der Waals surface area contributed by atoms with E-state index in [2.05, 4.69) is 10.2 Å². The monoisotopic (exact) mass is 470 g/mol. The molecule has 0 spiro atoms. The molecule has 1 aliphatic carbocycles. The van der Waals surface area contributed by atoms with E-state index < -0.39 is 18.4 Å². The Kier molecular flexibility index (Phi) is 6.60. The molecule has 0 radical (unpaired) electrons. The van der Waals surface area contributed by atoms with Crippen LogP contribution in [0.3, 0.4) is 0 Å². The van der Waals surface area contributed by atoms with E-state index >= 15 is 0 Å². The van der Waals surface area contributed by atoms with E-state index in [1.807, 2.05) is 6.92 Å². The number of allylic oxidation sites excluding steroid dienone is 4. The van der Waals surface area contributed by atoms with Crippen LogP contribution in [0.2, 0.25) is 4.34 Å². The van der Waals surface area contributed by atoms with Crippen LogP contribution >= 0.6 is 22.9 Å². The quantitative estimate of drug-likeness (QED) is 0.551. The van der Waals surface area contributed by atoms with Gasteiger partial charge in [-0.2, -0.15) is 0 Å². The second-order valence-electron chi connectivity index (χ2n) is 8.64. The zero-order chi connectivity index (χ0) is 22.2. The summed E-state index contributed by atoms with van der Waals surface area (Å²) in [7, 11) is 0. The lowest BCUT2D eigenvalue weighted by Gasteiger charge is -2.40. The van der Waals surface area contributed by atoms with Crippen molar-refractivity contribution < 1.29 is 19.0 Å². The molecule has 7 nitrogen and oxygen atoms in total. The number of nitrogens with one attached hydrogen (secondary N) is 1. The molecule has 1 aromatic rings. The zero-order valence-corrected chi connectivity index (χ0v) is 19.0. The van der Waals surface area contributed by atoms with Gasteiger partial charge in [0, 0.05) is 35.7 Å². The third-order valence-electron chi connectivity index (χ3n) is 6.10. The van der Waals surface area contributed by atoms with E-state index in [4.69, 9.17) is 22.1 Å². The number of hydrogen-bond acceptors (Lipinski definition) is 7. The largest absolute Gasteiger partial charge is 0.443 e. The fourth-order valence-electron chi connectivity index (χ4n) is 4.16. The van der Waals surface area contributed by atoms with Crippen molar-refractivity contribution in [1.82, 2.24) is 15.1 Å². The van der Waals surface area contributed by atoms with Gasteiger partial charge in [0.1, 0.15) is 18.2 Å². The van der Waals surface area contributed by atoms with Crippen molar-refractivity contribution in [2.24, 2.45) is 5.73 Å². The number of halogens is 2. The highest BCUT2D eigenvalue weighted by molar-refractivity contribution is 7.16. The maximum Gasteiger partial charge on any atom is 0.414 e. The molecule has 0 saturated carbocycles. The van der Waals surface area contributed by atoms with Gasteiger partial charge in [0.2, 0.25) is 0 Å². The predicted molar refractivity (Wildman–Crippen MR) is 118 cm³/mol. The number of ether oxygens (including phenoxy) is 1. The van der Waals surface area contributed by atoms with Gasteiger partial charge in [0.05, 0.1) is 16.6 Å². The number of nitrogens with two attached hydrogens (primary N) is 1. The Bertz CT molecular complexity index is 893. The fourth-order valence-corrected chi connectivity index (χ4v) is 5.18. The van der Waals surface area contributed by atoms with Crippen molar-refractivity contribution in [1.29, 1.82) is 0 Å². The number of nitrogens with zero attached hydrogens (tertiary/aromatic N) is 2. The minimum Gasteiger partial charge on any atom is -0.443 e. The van der Waals surface area contributed by atoms with Crippen LogP contribution < -0.4 is 11.1 Å². The van der Waals surface area contributed by atoms with Crippen LogP contribution in [0.15, 0.2) is 35.4 Å². The van der Waals surface area contributed by atoms with E-state index in [9.17, 15) is 14.3 Å². The van der Waals surface area contributed by atoms with Crippen molar-refractivity contribution in [3.63, 3.8) is 0 Å². The van der Waals surface area contributed by atoms with Gasteiger partial charge in [-0.05, 0) is 50.8 Å². The molecule has 3 aliphatic rings. The molecule has 10 heteroatoms. The van der Waals surface area contributed by atoms with Crippen molar-refractivity contribution in [3.05, 3.63) is 44.6 Å². The molecule has 2 unspecified atom stereocenters. The summed E-state index contributed by atoms with van der Waals surface area (Å²) in [6, 6.07) is 3.46. The van der Waals surface area contributed by atoms with Crippen LogP contribution in [-0.2, 0) is 4.74 Å². The molecule has 2 atom stereocenters. The molecular formula is C21H28ClFN4O3S. The van der Waals surface area contributed by atoms with E-state index in [0.29, 0.717) is 40.0 Å². The lowest BCUT2D eigenvalue weighted by atomic mass is 9.90. The number of aliphatic hydroxyl groups excluding tert-OH is 1. The van der Waals surface area contributed by atoms with Gasteiger partial charge in [-0.1, -0.05) is 11.6 Å². The van der Waals surface area contributed by atoms with Crippen LogP contribution in [0, 0.1) is 0 Å². The Morgan fingerprint density at radius 3 is 2.81 bits per heavy atom. The van der Waals surface area contributed by atoms with E-state index in [-0.39, 0.29) is 17.9 Å². The Morgan fingerprint density at radius 2 is 2.16 bits per heavy atom. The second kappa shape index (κ2) is 9.07. The lowest BCUT2D eigenvalue weighted by molar-refractivity contribution is 0.102. The summed E-state index contributed by atoms with van der Waals surface area (Å²) in [5, 5.41) is 13.1. The molecule has 170 valence electrons. The predicted octanol–water partition coefficient (Wildman–Crippen LogP) is 3.47. The van der Waals surface area contributed by atoms with Crippen molar-refractivity contribution >= 4 is 29.0 Å². The Hall–Kier alpha value is -1.65. The summed E-state index contributed by atoms with van der Waals surface area (Å²) < 4.78 is 20.9. The minimum absolute atomic E-state index is 0.186. The molecule has 4 N–H and O–H groups in total. The third kappa shape index (κ3) is 5.23. The number of rotatable bonds is 6. The second-order valence-corrected chi connectivity index (χ2v) is 10.4. The molecule has 1 aromatic heterocycles. The van der Waals surface area contributed by atoms with E-state index in [1.54, 1.807) is 12.1 Å². The van der Waals surface area contributed by atoms with Gasteiger partial charge < -0.3 is 20.5 Å². The van der Waals surface area contributed by atoms with Crippen molar-refractivity contribution in [2.75, 3.05) is 26.2 Å². The number of hydrogen-bond donors (Lipinski definition) is 3. The normalized spacial score (nSPS) is 25.0. The van der Waals surface area contributed by atoms with E-state index in [1.165, 1.54) is 22.3 Å². The molecule has 0 bridgehead atoms. The average Bonchev–Trinajstić information content (AvgIpc) is 3.32. The van der Waals surface area contributed by atoms with Crippen molar-refractivity contribution in [3.8, 4) is 0 Å². The molecule has 1 amide bonds. The first-order chi connectivity index (χ1) is 14.7. The number of carbonyl (C=O) groups excluding carboxylic acids is 1. The topological polar surface area (TPSA) is 91.1 Å². The number of aliphatic hydroxyl groups is 1. The highest BCUT2D eigenvalue weighted by Gasteiger charge is 2.36. The third-order valence-corrected chi connectivity index (χ3v) is 7.38. The first kappa shape index (κ1) is 22.5. The fraction of sp³-hybridized carbons (Fsp3) is 0.571. The maximum atomic E-state index is 14.9. The minimum atomic E-state index is -0.887. The number of piperidine rings is 1. The van der Waals surface area contributed by atoms with Gasteiger partial charge in [0.25, 0.3) is 0 Å². The summed E-state index contributed by atoms with van der Waals surface area (Å²) in [6.07, 6.45) is 2.43. The molecular weight excluding hydrogens is 443 g/mol.